The number of ketones is 2. The summed E-state index contributed by atoms with van der Waals surface area (Å²) in [6.45, 7) is 1.56. The molecule has 1 aromatic carbocycles. The first-order chi connectivity index (χ1) is 14.8. The summed E-state index contributed by atoms with van der Waals surface area (Å²) in [4.78, 5) is 54.6. The van der Waals surface area contributed by atoms with Gasteiger partial charge in [-0.2, -0.15) is 0 Å². The summed E-state index contributed by atoms with van der Waals surface area (Å²) in [5, 5.41) is 3.04. The van der Waals surface area contributed by atoms with E-state index in [-0.39, 0.29) is 54.1 Å². The molecule has 0 saturated heterocycles. The number of fused-ring (bicyclic) bond motifs is 1. The lowest BCUT2D eigenvalue weighted by molar-refractivity contribution is -0.133. The van der Waals surface area contributed by atoms with E-state index in [1.54, 1.807) is 25.3 Å². The third-order valence-corrected chi connectivity index (χ3v) is 5.99. The van der Waals surface area contributed by atoms with Crippen molar-refractivity contribution in [3.8, 4) is 0 Å². The summed E-state index contributed by atoms with van der Waals surface area (Å²) in [6, 6.07) is 4.64. The van der Waals surface area contributed by atoms with E-state index in [2.05, 4.69) is 10.3 Å². The summed E-state index contributed by atoms with van der Waals surface area (Å²) < 4.78 is 15.2. The molecule has 1 aromatic heterocycles. The molecule has 9 heteroatoms. The van der Waals surface area contributed by atoms with Gasteiger partial charge in [-0.05, 0) is 37.6 Å². The van der Waals surface area contributed by atoms with E-state index in [4.69, 9.17) is 11.6 Å². The summed E-state index contributed by atoms with van der Waals surface area (Å²) in [5.74, 6) is -2.43. The van der Waals surface area contributed by atoms with Crippen LogP contribution in [0, 0.1) is 5.82 Å². The van der Waals surface area contributed by atoms with Gasteiger partial charge in [-0.25, -0.2) is 4.39 Å². The standard InChI is InChI=1S/C22H19ClFN3O4/c1-11(20-16(23)3-2-8-25-20)26-21(30)14-6-5-13-15(19(14)24)10-27(22(13)31)17-7-4-12(28)9-18(17)29/h2-3,5-6,8,11,17H,4,7,9-10H2,1H3,(H,26,30)/t11-,17?/m0/s1. The van der Waals surface area contributed by atoms with E-state index in [0.29, 0.717) is 10.7 Å². The number of hydrogen-bond donors (Lipinski definition) is 1. The molecule has 1 unspecified atom stereocenters. The number of benzene rings is 1. The molecule has 2 amide bonds. The van der Waals surface area contributed by atoms with Crippen LogP contribution in [-0.4, -0.2) is 39.3 Å². The van der Waals surface area contributed by atoms with E-state index in [9.17, 15) is 19.2 Å². The largest absolute Gasteiger partial charge is 0.344 e. The number of carbonyl (C=O) groups is 4. The molecule has 2 aliphatic rings. The first-order valence-corrected chi connectivity index (χ1v) is 10.2. The minimum Gasteiger partial charge on any atom is -0.344 e. The maximum Gasteiger partial charge on any atom is 0.255 e. The summed E-state index contributed by atoms with van der Waals surface area (Å²) >= 11 is 6.10. The topological polar surface area (TPSA) is 96.4 Å². The number of aromatic nitrogens is 1. The van der Waals surface area contributed by atoms with Gasteiger partial charge in [0, 0.05) is 23.7 Å². The average Bonchev–Trinajstić information content (AvgIpc) is 3.06. The minimum absolute atomic E-state index is 0.0749. The van der Waals surface area contributed by atoms with Crippen molar-refractivity contribution in [2.75, 3.05) is 0 Å². The van der Waals surface area contributed by atoms with E-state index < -0.39 is 29.7 Å². The number of nitrogens with one attached hydrogen (secondary N) is 1. The second-order valence-corrected chi connectivity index (χ2v) is 8.10. The molecular formula is C22H19ClFN3O4. The Morgan fingerprint density at radius 2 is 2.06 bits per heavy atom. The molecule has 2 heterocycles. The fourth-order valence-corrected chi connectivity index (χ4v) is 4.33. The Bertz CT molecular complexity index is 1120. The average molecular weight is 444 g/mol. The Morgan fingerprint density at radius 3 is 2.77 bits per heavy atom. The van der Waals surface area contributed by atoms with Crippen LogP contribution in [0.3, 0.4) is 0 Å². The highest BCUT2D eigenvalue weighted by Gasteiger charge is 2.40. The zero-order chi connectivity index (χ0) is 22.3. The van der Waals surface area contributed by atoms with Gasteiger partial charge in [-0.1, -0.05) is 11.6 Å². The molecule has 31 heavy (non-hydrogen) atoms. The van der Waals surface area contributed by atoms with E-state index >= 15 is 4.39 Å². The van der Waals surface area contributed by atoms with Crippen LogP contribution in [0.5, 0.6) is 0 Å². The van der Waals surface area contributed by atoms with E-state index in [0.717, 1.165) is 0 Å². The van der Waals surface area contributed by atoms with Gasteiger partial charge in [0.2, 0.25) is 0 Å². The maximum atomic E-state index is 15.2. The van der Waals surface area contributed by atoms with Gasteiger partial charge in [0.05, 0.1) is 41.3 Å². The Morgan fingerprint density at radius 1 is 1.29 bits per heavy atom. The SMILES string of the molecule is C[C@H](NC(=O)c1ccc2c(c1F)CN(C1CCC(=O)CC1=O)C2=O)c1ncccc1Cl. The van der Waals surface area contributed by atoms with Gasteiger partial charge in [0.25, 0.3) is 11.8 Å². The van der Waals surface area contributed by atoms with Gasteiger partial charge in [0.15, 0.2) is 5.78 Å². The molecule has 1 saturated carbocycles. The van der Waals surface area contributed by atoms with Crippen LogP contribution in [0.25, 0.3) is 0 Å². The molecule has 2 atom stereocenters. The van der Waals surface area contributed by atoms with Crippen LogP contribution in [0.1, 0.15) is 64.2 Å². The van der Waals surface area contributed by atoms with E-state index in [1.165, 1.54) is 17.0 Å². The van der Waals surface area contributed by atoms with Crippen molar-refractivity contribution >= 4 is 35.0 Å². The number of nitrogens with zero attached hydrogens (tertiary/aromatic N) is 2. The highest BCUT2D eigenvalue weighted by atomic mass is 35.5. The van der Waals surface area contributed by atoms with Crippen LogP contribution in [0.15, 0.2) is 30.5 Å². The monoisotopic (exact) mass is 443 g/mol. The normalized spacial score (nSPS) is 19.4. The molecule has 1 N–H and O–H groups in total. The van der Waals surface area contributed by atoms with Crippen molar-refractivity contribution in [3.63, 3.8) is 0 Å². The minimum atomic E-state index is -0.801. The lowest BCUT2D eigenvalue weighted by Gasteiger charge is -2.29. The number of rotatable bonds is 4. The van der Waals surface area contributed by atoms with Crippen LogP contribution in [-0.2, 0) is 16.1 Å². The molecule has 2 aromatic rings. The van der Waals surface area contributed by atoms with Crippen LogP contribution < -0.4 is 5.32 Å². The van der Waals surface area contributed by atoms with Gasteiger partial charge in [-0.15, -0.1) is 0 Å². The number of amides is 2. The highest BCUT2D eigenvalue weighted by Crippen LogP contribution is 2.32. The molecule has 0 bridgehead atoms. The number of pyridine rings is 1. The number of halogens is 2. The fraction of sp³-hybridized carbons (Fsp3) is 0.318. The number of hydrogen-bond acceptors (Lipinski definition) is 5. The smallest absolute Gasteiger partial charge is 0.255 e. The van der Waals surface area contributed by atoms with Gasteiger partial charge >= 0.3 is 0 Å². The zero-order valence-electron chi connectivity index (χ0n) is 16.7. The van der Waals surface area contributed by atoms with Crippen molar-refractivity contribution in [1.82, 2.24) is 15.2 Å². The van der Waals surface area contributed by atoms with Gasteiger partial charge < -0.3 is 10.2 Å². The predicted octanol–water partition coefficient (Wildman–Crippen LogP) is 3.01. The second kappa shape index (κ2) is 8.19. The molecule has 7 nitrogen and oxygen atoms in total. The summed E-state index contributed by atoms with van der Waals surface area (Å²) in [7, 11) is 0. The van der Waals surface area contributed by atoms with Crippen LogP contribution in [0.2, 0.25) is 5.02 Å². The molecule has 0 radical (unpaired) electrons. The molecule has 4 rings (SSSR count). The Balaban J connectivity index is 1.55. The number of carbonyl (C=O) groups excluding carboxylic acids is 4. The van der Waals surface area contributed by atoms with Gasteiger partial charge in [0.1, 0.15) is 11.6 Å². The summed E-state index contributed by atoms with van der Waals surface area (Å²) in [5.41, 5.74) is 0.439. The zero-order valence-corrected chi connectivity index (χ0v) is 17.4. The second-order valence-electron chi connectivity index (χ2n) is 7.69. The predicted molar refractivity (Wildman–Crippen MR) is 109 cm³/mol. The highest BCUT2D eigenvalue weighted by molar-refractivity contribution is 6.31. The third kappa shape index (κ3) is 3.83. The van der Waals surface area contributed by atoms with Crippen LogP contribution >= 0.6 is 11.6 Å². The van der Waals surface area contributed by atoms with E-state index in [1.807, 2.05) is 0 Å². The van der Waals surface area contributed by atoms with Gasteiger partial charge in [-0.3, -0.25) is 24.2 Å². The number of Topliss-reactive ketones (excluding diaryl/α,β-unsaturated/α-hetero) is 2. The van der Waals surface area contributed by atoms with Crippen molar-refractivity contribution in [2.24, 2.45) is 0 Å². The Labute approximate surface area is 182 Å². The first kappa shape index (κ1) is 21.1. The molecular weight excluding hydrogens is 425 g/mol. The first-order valence-electron chi connectivity index (χ1n) is 9.86. The molecule has 160 valence electrons. The summed E-state index contributed by atoms with van der Waals surface area (Å²) in [6.07, 6.45) is 1.77. The van der Waals surface area contributed by atoms with Crippen molar-refractivity contribution in [3.05, 3.63) is 63.7 Å². The van der Waals surface area contributed by atoms with Crippen LogP contribution in [0.4, 0.5) is 4.39 Å². The molecule has 1 fully saturated rings. The quantitative estimate of drug-likeness (QED) is 0.733. The lowest BCUT2D eigenvalue weighted by atomic mass is 9.92. The Hall–Kier alpha value is -3.13. The van der Waals surface area contributed by atoms with Crippen molar-refractivity contribution in [1.29, 1.82) is 0 Å². The molecule has 0 spiro atoms. The van der Waals surface area contributed by atoms with Crippen molar-refractivity contribution in [2.45, 2.75) is 44.8 Å². The maximum absolute atomic E-state index is 15.2. The molecule has 1 aliphatic carbocycles. The fourth-order valence-electron chi connectivity index (χ4n) is 4.05. The Kier molecular flexibility index (Phi) is 5.58. The third-order valence-electron chi connectivity index (χ3n) is 5.67. The molecule has 1 aliphatic heterocycles. The van der Waals surface area contributed by atoms with Crippen molar-refractivity contribution < 1.29 is 23.6 Å². The lowest BCUT2D eigenvalue weighted by Crippen LogP contribution is -2.44.